The predicted molar refractivity (Wildman–Crippen MR) is 125 cm³/mol. The van der Waals surface area contributed by atoms with Crippen LogP contribution in [0.1, 0.15) is 23.2 Å². The number of pyridine rings is 1. The van der Waals surface area contributed by atoms with Crippen LogP contribution in [0, 0.1) is 0 Å². The Morgan fingerprint density at radius 3 is 2.81 bits per heavy atom. The summed E-state index contributed by atoms with van der Waals surface area (Å²) >= 11 is 1.30. The molecule has 1 atom stereocenters. The number of benzene rings is 2. The monoisotopic (exact) mass is 451 g/mol. The zero-order valence-electron chi connectivity index (χ0n) is 17.8. The SMILES string of the molecule is COc1ccccc1NC(=O)c1cc(SCC(=O)NC[C@H]2CCCO2)nc2ccccc12. The molecule has 1 aliphatic rings. The van der Waals surface area contributed by atoms with Gasteiger partial charge in [0, 0.05) is 18.5 Å². The van der Waals surface area contributed by atoms with Crippen LogP contribution in [0.25, 0.3) is 10.9 Å². The van der Waals surface area contributed by atoms with Crippen LogP contribution in [-0.2, 0) is 9.53 Å². The van der Waals surface area contributed by atoms with Gasteiger partial charge in [-0.05, 0) is 37.1 Å². The molecule has 0 radical (unpaired) electrons. The summed E-state index contributed by atoms with van der Waals surface area (Å²) in [5, 5.41) is 7.18. The zero-order valence-corrected chi connectivity index (χ0v) is 18.6. The normalized spacial score (nSPS) is 15.5. The molecule has 32 heavy (non-hydrogen) atoms. The van der Waals surface area contributed by atoms with E-state index in [2.05, 4.69) is 15.6 Å². The predicted octanol–water partition coefficient (Wildman–Crippen LogP) is 3.88. The summed E-state index contributed by atoms with van der Waals surface area (Å²) < 4.78 is 10.9. The molecular formula is C24H25N3O4S. The van der Waals surface area contributed by atoms with Crippen molar-refractivity contribution in [2.75, 3.05) is 31.3 Å². The van der Waals surface area contributed by atoms with Crippen molar-refractivity contribution in [3.05, 3.63) is 60.2 Å². The van der Waals surface area contributed by atoms with Crippen LogP contribution in [0.2, 0.25) is 0 Å². The molecular weight excluding hydrogens is 426 g/mol. The Labute approximate surface area is 190 Å². The minimum Gasteiger partial charge on any atom is -0.495 e. The van der Waals surface area contributed by atoms with E-state index in [1.807, 2.05) is 36.4 Å². The molecule has 2 amide bonds. The van der Waals surface area contributed by atoms with Crippen molar-refractivity contribution in [3.63, 3.8) is 0 Å². The highest BCUT2D eigenvalue weighted by atomic mass is 32.2. The molecule has 0 unspecified atom stereocenters. The second kappa shape index (κ2) is 10.5. The number of ether oxygens (including phenoxy) is 2. The van der Waals surface area contributed by atoms with E-state index in [1.54, 1.807) is 25.3 Å². The number of carbonyl (C=O) groups is 2. The van der Waals surface area contributed by atoms with Crippen molar-refractivity contribution in [1.82, 2.24) is 10.3 Å². The minimum absolute atomic E-state index is 0.0829. The number of anilines is 1. The lowest BCUT2D eigenvalue weighted by Gasteiger charge is -2.13. The third kappa shape index (κ3) is 5.38. The lowest BCUT2D eigenvalue weighted by Crippen LogP contribution is -2.32. The van der Waals surface area contributed by atoms with Crippen molar-refractivity contribution < 1.29 is 19.1 Å². The second-order valence-corrected chi connectivity index (χ2v) is 8.40. The maximum atomic E-state index is 13.1. The second-order valence-electron chi connectivity index (χ2n) is 7.41. The van der Waals surface area contributed by atoms with Crippen molar-refractivity contribution in [1.29, 1.82) is 0 Å². The van der Waals surface area contributed by atoms with Crippen molar-refractivity contribution in [2.24, 2.45) is 0 Å². The van der Waals surface area contributed by atoms with Gasteiger partial charge in [-0.1, -0.05) is 42.1 Å². The fourth-order valence-corrected chi connectivity index (χ4v) is 4.32. The molecule has 0 spiro atoms. The number of para-hydroxylation sites is 3. The summed E-state index contributed by atoms with van der Waals surface area (Å²) in [6, 6.07) is 16.4. The van der Waals surface area contributed by atoms with Crippen LogP contribution in [0.15, 0.2) is 59.6 Å². The van der Waals surface area contributed by atoms with Crippen molar-refractivity contribution >= 4 is 40.2 Å². The summed E-state index contributed by atoms with van der Waals surface area (Å²) in [5.74, 6) is 0.445. The number of nitrogens with one attached hydrogen (secondary N) is 2. The summed E-state index contributed by atoms with van der Waals surface area (Å²) in [5.41, 5.74) is 1.77. The summed E-state index contributed by atoms with van der Waals surface area (Å²) in [4.78, 5) is 30.0. The van der Waals surface area contributed by atoms with Crippen LogP contribution in [0.5, 0.6) is 5.75 Å². The maximum Gasteiger partial charge on any atom is 0.256 e. The third-order valence-electron chi connectivity index (χ3n) is 5.19. The van der Waals surface area contributed by atoms with Gasteiger partial charge in [0.2, 0.25) is 5.91 Å². The number of aromatic nitrogens is 1. The first-order chi connectivity index (χ1) is 15.6. The summed E-state index contributed by atoms with van der Waals surface area (Å²) in [7, 11) is 1.56. The van der Waals surface area contributed by atoms with Crippen molar-refractivity contribution in [3.8, 4) is 5.75 Å². The highest BCUT2D eigenvalue weighted by molar-refractivity contribution is 7.99. The Hall–Kier alpha value is -3.10. The molecule has 1 aliphatic heterocycles. The first-order valence-corrected chi connectivity index (χ1v) is 11.5. The van der Waals surface area contributed by atoms with Gasteiger partial charge in [0.05, 0.1) is 40.8 Å². The van der Waals surface area contributed by atoms with Gasteiger partial charge >= 0.3 is 0 Å². The lowest BCUT2D eigenvalue weighted by molar-refractivity contribution is -0.119. The highest BCUT2D eigenvalue weighted by Gasteiger charge is 2.18. The van der Waals surface area contributed by atoms with E-state index >= 15 is 0 Å². The average molecular weight is 452 g/mol. The summed E-state index contributed by atoms with van der Waals surface area (Å²) in [6.07, 6.45) is 2.12. The van der Waals surface area contributed by atoms with E-state index in [0.29, 0.717) is 34.1 Å². The van der Waals surface area contributed by atoms with Crippen LogP contribution < -0.4 is 15.4 Å². The van der Waals surface area contributed by atoms with Crippen LogP contribution in [-0.4, -0.2) is 48.9 Å². The number of nitrogens with zero attached hydrogens (tertiary/aromatic N) is 1. The van der Waals surface area contributed by atoms with Gasteiger partial charge in [-0.3, -0.25) is 9.59 Å². The van der Waals surface area contributed by atoms with E-state index in [4.69, 9.17) is 9.47 Å². The Balaban J connectivity index is 1.49. The molecule has 0 bridgehead atoms. The average Bonchev–Trinajstić information content (AvgIpc) is 3.35. The topological polar surface area (TPSA) is 89.5 Å². The van der Waals surface area contributed by atoms with Crippen LogP contribution in [0.4, 0.5) is 5.69 Å². The van der Waals surface area contributed by atoms with Gasteiger partial charge < -0.3 is 20.1 Å². The Morgan fingerprint density at radius 2 is 2.00 bits per heavy atom. The maximum absolute atomic E-state index is 13.1. The quantitative estimate of drug-likeness (QED) is 0.505. The molecule has 1 saturated heterocycles. The third-order valence-corrected chi connectivity index (χ3v) is 6.11. The number of thioether (sulfide) groups is 1. The molecule has 0 saturated carbocycles. The van der Waals surface area contributed by atoms with E-state index in [0.717, 1.165) is 24.8 Å². The first-order valence-electron chi connectivity index (χ1n) is 10.5. The minimum atomic E-state index is -0.266. The number of carbonyl (C=O) groups excluding carboxylic acids is 2. The van der Waals surface area contributed by atoms with E-state index < -0.39 is 0 Å². The number of hydrogen-bond donors (Lipinski definition) is 2. The number of hydrogen-bond acceptors (Lipinski definition) is 6. The van der Waals surface area contributed by atoms with Gasteiger partial charge in [-0.25, -0.2) is 4.98 Å². The number of amides is 2. The van der Waals surface area contributed by atoms with Crippen LogP contribution >= 0.6 is 11.8 Å². The summed E-state index contributed by atoms with van der Waals surface area (Å²) in [6.45, 7) is 1.28. The van der Waals surface area contributed by atoms with Gasteiger partial charge in [0.25, 0.3) is 5.91 Å². The number of methoxy groups -OCH3 is 1. The molecule has 8 heteroatoms. The molecule has 2 aromatic carbocycles. The standard InChI is InChI=1S/C24H25N3O4S/c1-30-21-11-5-4-10-20(21)27-24(29)18-13-23(26-19-9-3-2-8-17(18)19)32-15-22(28)25-14-16-7-6-12-31-16/h2-5,8-11,13,16H,6-7,12,14-15H2,1H3,(H,25,28)(H,27,29)/t16-/m1/s1. The molecule has 166 valence electrons. The first kappa shape index (κ1) is 22.1. The Bertz CT molecular complexity index is 1120. The molecule has 3 aromatic rings. The van der Waals surface area contributed by atoms with Gasteiger partial charge in [-0.2, -0.15) is 0 Å². The van der Waals surface area contributed by atoms with Gasteiger partial charge in [0.15, 0.2) is 0 Å². The van der Waals surface area contributed by atoms with Crippen LogP contribution in [0.3, 0.4) is 0 Å². The van der Waals surface area contributed by atoms with E-state index in [9.17, 15) is 9.59 Å². The van der Waals surface area contributed by atoms with Gasteiger partial charge in [0.1, 0.15) is 5.75 Å². The molecule has 1 fully saturated rings. The lowest BCUT2D eigenvalue weighted by atomic mass is 10.1. The molecule has 0 aliphatic carbocycles. The highest BCUT2D eigenvalue weighted by Crippen LogP contribution is 2.27. The van der Waals surface area contributed by atoms with E-state index in [-0.39, 0.29) is 23.7 Å². The fourth-order valence-electron chi connectivity index (χ4n) is 3.57. The molecule has 2 heterocycles. The van der Waals surface area contributed by atoms with Crippen molar-refractivity contribution in [2.45, 2.75) is 24.0 Å². The molecule has 2 N–H and O–H groups in total. The zero-order chi connectivity index (χ0) is 22.3. The largest absolute Gasteiger partial charge is 0.495 e. The molecule has 7 nitrogen and oxygen atoms in total. The number of fused-ring (bicyclic) bond motifs is 1. The van der Waals surface area contributed by atoms with E-state index in [1.165, 1.54) is 11.8 Å². The Kier molecular flexibility index (Phi) is 7.24. The number of rotatable bonds is 8. The smallest absolute Gasteiger partial charge is 0.256 e. The molecule has 1 aromatic heterocycles. The molecule has 4 rings (SSSR count). The van der Waals surface area contributed by atoms with Gasteiger partial charge in [-0.15, -0.1) is 0 Å². The fraction of sp³-hybridized carbons (Fsp3) is 0.292. The Morgan fingerprint density at radius 1 is 1.19 bits per heavy atom.